The summed E-state index contributed by atoms with van der Waals surface area (Å²) in [5, 5.41) is 9.63. The van der Waals surface area contributed by atoms with Crippen molar-refractivity contribution in [3.8, 4) is 0 Å². The fraction of sp³-hybridized carbons (Fsp3) is 0.346. The maximum absolute atomic E-state index is 14.0. The molecule has 192 valence electrons. The maximum atomic E-state index is 14.0. The topological polar surface area (TPSA) is 99.5 Å². The smallest absolute Gasteiger partial charge is 0.251 e. The van der Waals surface area contributed by atoms with Crippen molar-refractivity contribution in [1.29, 1.82) is 0 Å². The summed E-state index contributed by atoms with van der Waals surface area (Å²) in [6.07, 6.45) is 9.26. The molecule has 0 atom stereocenters. The van der Waals surface area contributed by atoms with E-state index in [9.17, 15) is 13.2 Å². The van der Waals surface area contributed by atoms with Gasteiger partial charge in [0.15, 0.2) is 17.5 Å². The maximum Gasteiger partial charge on any atom is 0.251 e. The predicted octanol–water partition coefficient (Wildman–Crippen LogP) is 4.53. The molecule has 0 bridgehead atoms. The van der Waals surface area contributed by atoms with Gasteiger partial charge < -0.3 is 16.0 Å². The Morgan fingerprint density at radius 2 is 1.89 bits per heavy atom. The van der Waals surface area contributed by atoms with Gasteiger partial charge >= 0.3 is 0 Å². The molecule has 1 aliphatic carbocycles. The van der Waals surface area contributed by atoms with Gasteiger partial charge in [-0.3, -0.25) is 15.0 Å². The van der Waals surface area contributed by atoms with E-state index in [1.54, 1.807) is 18.3 Å². The monoisotopic (exact) mass is 508 g/mol. The first-order valence-electron chi connectivity index (χ1n) is 12.2. The van der Waals surface area contributed by atoms with E-state index in [1.165, 1.54) is 6.20 Å². The molecule has 37 heavy (non-hydrogen) atoms. The molecule has 0 amide bonds. The Hall–Kier alpha value is -3.86. The summed E-state index contributed by atoms with van der Waals surface area (Å²) in [7, 11) is 0. The second-order valence-electron chi connectivity index (χ2n) is 9.15. The highest BCUT2D eigenvalue weighted by Crippen LogP contribution is 2.43. The predicted molar refractivity (Wildman–Crippen MR) is 136 cm³/mol. The van der Waals surface area contributed by atoms with Crippen LogP contribution in [-0.4, -0.2) is 46.6 Å². The van der Waals surface area contributed by atoms with Gasteiger partial charge in [-0.15, -0.1) is 0 Å². The van der Waals surface area contributed by atoms with Gasteiger partial charge in [0, 0.05) is 30.1 Å². The molecule has 11 heteroatoms. The minimum Gasteiger partial charge on any atom is -0.367 e. The standard InChI is InChI=1S/C26H27F3N8/c1-30-21-14-32-13-18(16-2-3-16)23(21)26(35-17-5-7-31-8-6-17)34-12-15-4-9-33-22(10-15)36-25-20(28)11-19(27)24(29)37-25/h4,9-11,13-14,16-17,31H,1-3,5-8,12H2,(H,34,35)(H,33,36,37). The molecule has 0 spiro atoms. The highest BCUT2D eigenvalue weighted by molar-refractivity contribution is 6.04. The molecule has 0 radical (unpaired) electrons. The van der Waals surface area contributed by atoms with Gasteiger partial charge in [0.05, 0.1) is 18.4 Å². The lowest BCUT2D eigenvalue weighted by Gasteiger charge is -2.26. The van der Waals surface area contributed by atoms with Gasteiger partial charge in [0.2, 0.25) is 0 Å². The van der Waals surface area contributed by atoms with Crippen molar-refractivity contribution in [2.45, 2.75) is 44.2 Å². The first-order chi connectivity index (χ1) is 18.0. The molecule has 1 aliphatic heterocycles. The number of hydrogen-bond acceptors (Lipinski definition) is 7. The number of nitrogens with zero attached hydrogens (tertiary/aromatic N) is 5. The lowest BCUT2D eigenvalue weighted by Crippen LogP contribution is -2.43. The number of aliphatic imine (C=N–C) groups is 2. The zero-order valence-corrected chi connectivity index (χ0v) is 20.1. The second kappa shape index (κ2) is 11.0. The van der Waals surface area contributed by atoms with E-state index in [0.717, 1.165) is 61.3 Å². The molecule has 0 aromatic carbocycles. The number of hydrogen-bond donors (Lipinski definition) is 3. The van der Waals surface area contributed by atoms with E-state index in [0.29, 0.717) is 24.2 Å². The van der Waals surface area contributed by atoms with Crippen LogP contribution in [0.25, 0.3) is 0 Å². The van der Waals surface area contributed by atoms with Crippen LogP contribution < -0.4 is 16.0 Å². The van der Waals surface area contributed by atoms with Crippen LogP contribution in [0.2, 0.25) is 0 Å². The quantitative estimate of drug-likeness (QED) is 0.235. The van der Waals surface area contributed by atoms with Gasteiger partial charge in [0.1, 0.15) is 11.7 Å². The molecular formula is C26H27F3N8. The Morgan fingerprint density at radius 3 is 2.65 bits per heavy atom. The second-order valence-corrected chi connectivity index (χ2v) is 9.15. The van der Waals surface area contributed by atoms with Gasteiger partial charge in [-0.2, -0.15) is 9.37 Å². The number of halogens is 3. The van der Waals surface area contributed by atoms with E-state index >= 15 is 0 Å². The highest BCUT2D eigenvalue weighted by Gasteiger charge is 2.30. The molecular weight excluding hydrogens is 481 g/mol. The van der Waals surface area contributed by atoms with Crippen LogP contribution in [0.5, 0.6) is 0 Å². The highest BCUT2D eigenvalue weighted by atomic mass is 19.2. The molecule has 4 heterocycles. The number of pyridine rings is 3. The van der Waals surface area contributed by atoms with Crippen LogP contribution in [0, 0.1) is 17.6 Å². The summed E-state index contributed by atoms with van der Waals surface area (Å²) >= 11 is 0. The molecule has 0 unspecified atom stereocenters. The molecule has 8 nitrogen and oxygen atoms in total. The number of nitrogens with one attached hydrogen (secondary N) is 3. The Labute approximate surface area is 212 Å². The van der Waals surface area contributed by atoms with Gasteiger partial charge in [-0.05, 0) is 74.7 Å². The third kappa shape index (κ3) is 5.93. The lowest BCUT2D eigenvalue weighted by atomic mass is 10.0. The summed E-state index contributed by atoms with van der Waals surface area (Å²) in [5.41, 5.74) is 3.50. The van der Waals surface area contributed by atoms with E-state index in [1.807, 2.05) is 6.20 Å². The van der Waals surface area contributed by atoms with Crippen molar-refractivity contribution in [2.75, 3.05) is 18.4 Å². The van der Waals surface area contributed by atoms with Crippen molar-refractivity contribution in [2.24, 2.45) is 9.98 Å². The lowest BCUT2D eigenvalue weighted by molar-refractivity contribution is 0.429. The van der Waals surface area contributed by atoms with Crippen molar-refractivity contribution < 1.29 is 13.2 Å². The van der Waals surface area contributed by atoms with Crippen molar-refractivity contribution in [1.82, 2.24) is 25.6 Å². The Balaban J connectivity index is 1.44. The molecule has 1 saturated carbocycles. The van der Waals surface area contributed by atoms with Gasteiger partial charge in [-0.1, -0.05) is 0 Å². The minimum atomic E-state index is -1.39. The van der Waals surface area contributed by atoms with Crippen LogP contribution in [0.15, 0.2) is 46.8 Å². The molecule has 2 aliphatic rings. The van der Waals surface area contributed by atoms with Crippen molar-refractivity contribution >= 4 is 29.9 Å². The normalized spacial score (nSPS) is 16.5. The average molecular weight is 509 g/mol. The van der Waals surface area contributed by atoms with Crippen molar-refractivity contribution in [3.05, 3.63) is 71.1 Å². The van der Waals surface area contributed by atoms with E-state index < -0.39 is 23.4 Å². The van der Waals surface area contributed by atoms with Gasteiger partial charge in [-0.25, -0.2) is 13.8 Å². The van der Waals surface area contributed by atoms with Crippen LogP contribution in [0.3, 0.4) is 0 Å². The van der Waals surface area contributed by atoms with Crippen LogP contribution >= 0.6 is 0 Å². The van der Waals surface area contributed by atoms with E-state index in [2.05, 4.69) is 42.6 Å². The van der Waals surface area contributed by atoms with Crippen LogP contribution in [0.4, 0.5) is 30.5 Å². The number of amidine groups is 1. The van der Waals surface area contributed by atoms with Crippen LogP contribution in [-0.2, 0) is 6.54 Å². The summed E-state index contributed by atoms with van der Waals surface area (Å²) in [4.78, 5) is 21.0. The first kappa shape index (κ1) is 24.8. The molecule has 3 aromatic rings. The SMILES string of the molecule is C=Nc1cncc(C2CC2)c1C(=NCc1ccnc(Nc2nc(F)c(F)cc2F)c1)NC1CCNCC1. The Bertz CT molecular complexity index is 1320. The Morgan fingerprint density at radius 1 is 1.08 bits per heavy atom. The average Bonchev–Trinajstić information content (AvgIpc) is 3.76. The summed E-state index contributed by atoms with van der Waals surface area (Å²) in [5.74, 6) is -2.83. The largest absolute Gasteiger partial charge is 0.367 e. The summed E-state index contributed by atoms with van der Waals surface area (Å²) in [6.45, 7) is 5.89. The third-order valence-corrected chi connectivity index (χ3v) is 6.44. The number of anilines is 2. The third-order valence-electron chi connectivity index (χ3n) is 6.44. The molecule has 1 saturated heterocycles. The molecule has 5 rings (SSSR count). The van der Waals surface area contributed by atoms with Crippen molar-refractivity contribution in [3.63, 3.8) is 0 Å². The number of piperidine rings is 1. The fourth-order valence-electron chi connectivity index (χ4n) is 4.37. The first-order valence-corrected chi connectivity index (χ1v) is 12.2. The minimum absolute atomic E-state index is 0.231. The zero-order chi connectivity index (χ0) is 25.8. The molecule has 3 aromatic heterocycles. The van der Waals surface area contributed by atoms with E-state index in [-0.39, 0.29) is 11.9 Å². The van der Waals surface area contributed by atoms with Crippen LogP contribution in [0.1, 0.15) is 48.3 Å². The summed E-state index contributed by atoms with van der Waals surface area (Å²) in [6, 6.07) is 4.15. The molecule has 2 fully saturated rings. The van der Waals surface area contributed by atoms with E-state index in [4.69, 9.17) is 4.99 Å². The fourth-order valence-corrected chi connectivity index (χ4v) is 4.37. The zero-order valence-electron chi connectivity index (χ0n) is 20.1. The van der Waals surface area contributed by atoms with Gasteiger partial charge in [0.25, 0.3) is 5.95 Å². The number of aromatic nitrogens is 3. The number of rotatable bonds is 8. The summed E-state index contributed by atoms with van der Waals surface area (Å²) < 4.78 is 40.8. The molecule has 3 N–H and O–H groups in total. The Kier molecular flexibility index (Phi) is 7.40.